The monoisotopic (exact) mass is 399 g/mol. The van der Waals surface area contributed by atoms with Crippen molar-refractivity contribution in [1.82, 2.24) is 15.1 Å². The van der Waals surface area contributed by atoms with Crippen molar-refractivity contribution in [3.8, 4) is 6.07 Å². The second kappa shape index (κ2) is 10.4. The molecule has 0 aliphatic heterocycles. The molecule has 1 unspecified atom stereocenters. The molecule has 0 saturated carbocycles. The van der Waals surface area contributed by atoms with Crippen LogP contribution in [0, 0.1) is 11.3 Å². The number of rotatable bonds is 9. The molecule has 8 heteroatoms. The van der Waals surface area contributed by atoms with Gasteiger partial charge in [0.05, 0.1) is 24.1 Å². The van der Waals surface area contributed by atoms with Gasteiger partial charge in [-0.15, -0.1) is 11.3 Å². The van der Waals surface area contributed by atoms with Crippen LogP contribution in [-0.2, 0) is 11.3 Å². The lowest BCUT2D eigenvalue weighted by atomic mass is 10.1. The van der Waals surface area contributed by atoms with E-state index in [1.54, 1.807) is 17.0 Å². The number of benzene rings is 1. The molecule has 7 nitrogen and oxygen atoms in total. The standard InChI is InChI=1S/C20H25N5O2S/c1-24(2)9-10-25(14-16-7-5-15(13-21)6-8-16)19(26)12-17(23-20(22)27)18-4-3-11-28-18/h3-8,11,17H,9-10,12,14H2,1-2H3,(H3,22,23,27). The van der Waals surface area contributed by atoms with Crippen LogP contribution in [0.5, 0.6) is 0 Å². The number of carbonyl (C=O) groups is 2. The Morgan fingerprint density at radius 2 is 1.93 bits per heavy atom. The van der Waals surface area contributed by atoms with Gasteiger partial charge in [-0.25, -0.2) is 4.79 Å². The van der Waals surface area contributed by atoms with E-state index in [-0.39, 0.29) is 12.3 Å². The van der Waals surface area contributed by atoms with Gasteiger partial charge >= 0.3 is 6.03 Å². The van der Waals surface area contributed by atoms with E-state index in [4.69, 9.17) is 11.0 Å². The van der Waals surface area contributed by atoms with Crippen LogP contribution in [0.1, 0.15) is 28.5 Å². The van der Waals surface area contributed by atoms with E-state index in [2.05, 4.69) is 11.4 Å². The number of nitriles is 1. The van der Waals surface area contributed by atoms with Crippen molar-refractivity contribution >= 4 is 23.3 Å². The largest absolute Gasteiger partial charge is 0.352 e. The molecule has 28 heavy (non-hydrogen) atoms. The molecule has 1 aromatic heterocycles. The summed E-state index contributed by atoms with van der Waals surface area (Å²) in [6.45, 7) is 1.71. The first-order chi connectivity index (χ1) is 13.4. The summed E-state index contributed by atoms with van der Waals surface area (Å²) >= 11 is 1.47. The summed E-state index contributed by atoms with van der Waals surface area (Å²) < 4.78 is 0. The number of nitrogens with two attached hydrogens (primary N) is 1. The van der Waals surface area contributed by atoms with Crippen LogP contribution in [0.4, 0.5) is 4.79 Å². The predicted octanol–water partition coefficient (Wildman–Crippen LogP) is 2.31. The van der Waals surface area contributed by atoms with Crippen LogP contribution in [0.3, 0.4) is 0 Å². The zero-order chi connectivity index (χ0) is 20.5. The fourth-order valence-corrected chi connectivity index (χ4v) is 3.48. The molecule has 0 spiro atoms. The van der Waals surface area contributed by atoms with E-state index in [0.717, 1.165) is 17.0 Å². The van der Waals surface area contributed by atoms with Gasteiger partial charge in [0.25, 0.3) is 0 Å². The highest BCUT2D eigenvalue weighted by Gasteiger charge is 2.22. The smallest absolute Gasteiger partial charge is 0.312 e. The molecule has 2 aromatic rings. The van der Waals surface area contributed by atoms with Gasteiger partial charge in [-0.3, -0.25) is 4.79 Å². The van der Waals surface area contributed by atoms with Crippen molar-refractivity contribution < 1.29 is 9.59 Å². The number of urea groups is 1. The highest BCUT2D eigenvalue weighted by atomic mass is 32.1. The Kier molecular flexibility index (Phi) is 7.99. The first kappa shape index (κ1) is 21.4. The zero-order valence-corrected chi connectivity index (χ0v) is 16.9. The quantitative estimate of drug-likeness (QED) is 0.675. The average molecular weight is 400 g/mol. The average Bonchev–Trinajstić information content (AvgIpc) is 3.19. The number of hydrogen-bond donors (Lipinski definition) is 2. The number of likely N-dealkylation sites (N-methyl/N-ethyl adjacent to an activating group) is 1. The third-order valence-corrected chi connectivity index (χ3v) is 5.19. The number of nitrogens with zero attached hydrogens (tertiary/aromatic N) is 3. The Labute approximate surface area is 169 Å². The van der Waals surface area contributed by atoms with Gasteiger partial charge in [0, 0.05) is 24.5 Å². The van der Waals surface area contributed by atoms with E-state index in [1.165, 1.54) is 11.3 Å². The molecular weight excluding hydrogens is 374 g/mol. The molecule has 1 aromatic carbocycles. The topological polar surface area (TPSA) is 102 Å². The molecule has 3 amide bonds. The summed E-state index contributed by atoms with van der Waals surface area (Å²) in [5, 5.41) is 13.5. The van der Waals surface area contributed by atoms with Gasteiger partial charge in [0.15, 0.2) is 0 Å². The lowest BCUT2D eigenvalue weighted by Crippen LogP contribution is -2.40. The maximum absolute atomic E-state index is 13.0. The molecular formula is C20H25N5O2S. The summed E-state index contributed by atoms with van der Waals surface area (Å²) in [5.41, 5.74) is 6.82. The number of primary amides is 1. The first-order valence-electron chi connectivity index (χ1n) is 8.90. The summed E-state index contributed by atoms with van der Waals surface area (Å²) in [6.07, 6.45) is 0.132. The normalized spacial score (nSPS) is 11.6. The van der Waals surface area contributed by atoms with Crippen molar-refractivity contribution in [1.29, 1.82) is 5.26 Å². The van der Waals surface area contributed by atoms with E-state index in [9.17, 15) is 9.59 Å². The van der Waals surface area contributed by atoms with Crippen LogP contribution in [0.15, 0.2) is 41.8 Å². The third kappa shape index (κ3) is 6.68. The highest BCUT2D eigenvalue weighted by Crippen LogP contribution is 2.23. The Morgan fingerprint density at radius 3 is 2.46 bits per heavy atom. The minimum Gasteiger partial charge on any atom is -0.352 e. The molecule has 0 bridgehead atoms. The molecule has 3 N–H and O–H groups in total. The molecule has 1 heterocycles. The van der Waals surface area contributed by atoms with Crippen molar-refractivity contribution in [2.75, 3.05) is 27.2 Å². The summed E-state index contributed by atoms with van der Waals surface area (Å²) in [4.78, 5) is 29.1. The number of nitrogens with one attached hydrogen (secondary N) is 1. The van der Waals surface area contributed by atoms with E-state index in [0.29, 0.717) is 18.7 Å². The maximum Gasteiger partial charge on any atom is 0.312 e. The van der Waals surface area contributed by atoms with Crippen LogP contribution in [0.2, 0.25) is 0 Å². The second-order valence-corrected chi connectivity index (χ2v) is 7.69. The van der Waals surface area contributed by atoms with Crippen molar-refractivity contribution in [3.63, 3.8) is 0 Å². The Balaban J connectivity index is 2.14. The summed E-state index contributed by atoms with van der Waals surface area (Å²) in [7, 11) is 3.90. The molecule has 148 valence electrons. The zero-order valence-electron chi connectivity index (χ0n) is 16.1. The minimum atomic E-state index is -0.655. The SMILES string of the molecule is CN(C)CCN(Cc1ccc(C#N)cc1)C(=O)CC(NC(N)=O)c1cccs1. The number of amides is 3. The van der Waals surface area contributed by atoms with Crippen LogP contribution in [0.25, 0.3) is 0 Å². The van der Waals surface area contributed by atoms with Crippen molar-refractivity contribution in [3.05, 3.63) is 57.8 Å². The maximum atomic E-state index is 13.0. The lowest BCUT2D eigenvalue weighted by Gasteiger charge is -2.26. The number of thiophene rings is 1. The minimum absolute atomic E-state index is 0.0710. The van der Waals surface area contributed by atoms with Crippen molar-refractivity contribution in [2.45, 2.75) is 19.0 Å². The lowest BCUT2D eigenvalue weighted by molar-refractivity contribution is -0.132. The summed E-state index contributed by atoms with van der Waals surface area (Å²) in [6, 6.07) is 11.9. The molecule has 0 radical (unpaired) electrons. The van der Waals surface area contributed by atoms with Gasteiger partial charge in [0.1, 0.15) is 0 Å². The fourth-order valence-electron chi connectivity index (χ4n) is 2.71. The van der Waals surface area contributed by atoms with Gasteiger partial charge in [-0.2, -0.15) is 5.26 Å². The molecule has 1 atom stereocenters. The molecule has 0 saturated heterocycles. The van der Waals surface area contributed by atoms with E-state index < -0.39 is 12.1 Å². The van der Waals surface area contributed by atoms with Gasteiger partial charge in [-0.1, -0.05) is 18.2 Å². The third-order valence-electron chi connectivity index (χ3n) is 4.21. The van der Waals surface area contributed by atoms with Crippen LogP contribution >= 0.6 is 11.3 Å². The molecule has 0 fully saturated rings. The predicted molar refractivity (Wildman–Crippen MR) is 110 cm³/mol. The Hall–Kier alpha value is -2.89. The van der Waals surface area contributed by atoms with Crippen LogP contribution < -0.4 is 11.1 Å². The fraction of sp³-hybridized carbons (Fsp3) is 0.350. The van der Waals surface area contributed by atoms with Crippen molar-refractivity contribution in [2.24, 2.45) is 5.73 Å². The number of hydrogen-bond acceptors (Lipinski definition) is 5. The summed E-state index contributed by atoms with van der Waals surface area (Å²) in [5.74, 6) is -0.0710. The van der Waals surface area contributed by atoms with Gasteiger partial charge < -0.3 is 20.9 Å². The Morgan fingerprint density at radius 1 is 1.21 bits per heavy atom. The van der Waals surface area contributed by atoms with E-state index in [1.807, 2.05) is 48.6 Å². The molecule has 0 aliphatic rings. The van der Waals surface area contributed by atoms with Crippen LogP contribution in [-0.4, -0.2) is 48.9 Å². The first-order valence-corrected chi connectivity index (χ1v) is 9.78. The van der Waals surface area contributed by atoms with Gasteiger partial charge in [0.2, 0.25) is 5.91 Å². The molecule has 0 aliphatic carbocycles. The number of carbonyl (C=O) groups excluding carboxylic acids is 2. The van der Waals surface area contributed by atoms with E-state index >= 15 is 0 Å². The highest BCUT2D eigenvalue weighted by molar-refractivity contribution is 7.10. The molecule has 2 rings (SSSR count). The second-order valence-electron chi connectivity index (χ2n) is 6.71. The van der Waals surface area contributed by atoms with Gasteiger partial charge in [-0.05, 0) is 43.2 Å². The Bertz CT molecular complexity index is 812.